The number of allylic oxidation sites excluding steroid dienone is 1. The molecule has 3 heterocycles. The molecule has 0 amide bonds. The van der Waals surface area contributed by atoms with Crippen LogP contribution in [0, 0.1) is 10.1 Å². The van der Waals surface area contributed by atoms with Gasteiger partial charge in [-0.15, -0.1) is 0 Å². The van der Waals surface area contributed by atoms with Gasteiger partial charge < -0.3 is 0 Å². The van der Waals surface area contributed by atoms with Crippen LogP contribution in [-0.2, 0) is 6.54 Å². The molecule has 2 aromatic heterocycles. The summed E-state index contributed by atoms with van der Waals surface area (Å²) in [6.07, 6.45) is 2.77. The Morgan fingerprint density at radius 1 is 1.35 bits per heavy atom. The first-order chi connectivity index (χ1) is 11.1. The van der Waals surface area contributed by atoms with E-state index in [-0.39, 0.29) is 11.2 Å². The number of non-ortho nitro benzene ring substituents is 1. The molecule has 3 aromatic rings. The molecule has 114 valence electrons. The maximum atomic E-state index is 12.6. The van der Waals surface area contributed by atoms with Gasteiger partial charge in [0.1, 0.15) is 5.82 Å². The van der Waals surface area contributed by atoms with Crippen molar-refractivity contribution in [2.45, 2.75) is 13.0 Å². The summed E-state index contributed by atoms with van der Waals surface area (Å²) in [5.41, 5.74) is 2.29. The number of benzene rings is 1. The quantitative estimate of drug-likeness (QED) is 0.535. The lowest BCUT2D eigenvalue weighted by Crippen LogP contribution is -2.20. The van der Waals surface area contributed by atoms with Crippen LogP contribution in [0.3, 0.4) is 0 Å². The molecular formula is C16H11N3O3S. The van der Waals surface area contributed by atoms with Crippen molar-refractivity contribution in [1.29, 1.82) is 0 Å². The zero-order valence-electron chi connectivity index (χ0n) is 11.9. The molecule has 0 N–H and O–H groups in total. The third kappa shape index (κ3) is 2.25. The molecule has 4 rings (SSSR count). The van der Waals surface area contributed by atoms with Crippen LogP contribution in [0.25, 0.3) is 22.6 Å². The highest BCUT2D eigenvalue weighted by atomic mass is 32.1. The minimum absolute atomic E-state index is 0.0935. The van der Waals surface area contributed by atoms with E-state index in [0.29, 0.717) is 23.3 Å². The zero-order valence-corrected chi connectivity index (χ0v) is 12.7. The lowest BCUT2D eigenvalue weighted by molar-refractivity contribution is -0.384. The van der Waals surface area contributed by atoms with Crippen molar-refractivity contribution in [1.82, 2.24) is 9.55 Å². The highest BCUT2D eigenvalue weighted by molar-refractivity contribution is 7.08. The number of nitro benzene ring substituents is 1. The van der Waals surface area contributed by atoms with Crippen LogP contribution >= 0.6 is 11.3 Å². The fourth-order valence-electron chi connectivity index (χ4n) is 2.81. The van der Waals surface area contributed by atoms with Gasteiger partial charge in [0.2, 0.25) is 0 Å². The Hall–Kier alpha value is -2.80. The summed E-state index contributed by atoms with van der Waals surface area (Å²) >= 11 is 1.62. The Morgan fingerprint density at radius 3 is 2.96 bits per heavy atom. The van der Waals surface area contributed by atoms with Crippen molar-refractivity contribution < 1.29 is 4.92 Å². The number of fused-ring (bicyclic) bond motifs is 2. The van der Waals surface area contributed by atoms with Gasteiger partial charge >= 0.3 is 0 Å². The smallest absolute Gasteiger partial charge is 0.270 e. The molecule has 0 aliphatic carbocycles. The fourth-order valence-corrected chi connectivity index (χ4v) is 3.43. The zero-order chi connectivity index (χ0) is 16.0. The molecule has 0 atom stereocenters. The largest absolute Gasteiger partial charge is 0.292 e. The predicted molar refractivity (Wildman–Crippen MR) is 89.5 cm³/mol. The van der Waals surface area contributed by atoms with Crippen LogP contribution in [0.15, 0.2) is 39.8 Å². The van der Waals surface area contributed by atoms with Crippen LogP contribution in [0.4, 0.5) is 5.69 Å². The number of nitro groups is 1. The molecular weight excluding hydrogens is 314 g/mol. The molecule has 0 spiro atoms. The van der Waals surface area contributed by atoms with Crippen LogP contribution < -0.4 is 5.56 Å². The highest BCUT2D eigenvalue weighted by Gasteiger charge is 2.22. The van der Waals surface area contributed by atoms with E-state index in [0.717, 1.165) is 17.6 Å². The topological polar surface area (TPSA) is 78.0 Å². The molecule has 1 aromatic carbocycles. The van der Waals surface area contributed by atoms with Gasteiger partial charge in [0, 0.05) is 18.7 Å². The van der Waals surface area contributed by atoms with E-state index < -0.39 is 4.92 Å². The summed E-state index contributed by atoms with van der Waals surface area (Å²) in [6, 6.07) is 6.24. The Labute approximate surface area is 134 Å². The van der Waals surface area contributed by atoms with E-state index in [9.17, 15) is 14.9 Å². The number of nitrogens with zero attached hydrogens (tertiary/aromatic N) is 3. The average molecular weight is 325 g/mol. The van der Waals surface area contributed by atoms with E-state index in [4.69, 9.17) is 0 Å². The molecule has 0 fully saturated rings. The Balaban J connectivity index is 1.92. The second-order valence-corrected chi connectivity index (χ2v) is 6.11. The summed E-state index contributed by atoms with van der Waals surface area (Å²) in [4.78, 5) is 27.6. The van der Waals surface area contributed by atoms with Crippen molar-refractivity contribution in [3.63, 3.8) is 0 Å². The van der Waals surface area contributed by atoms with Crippen molar-refractivity contribution >= 4 is 39.6 Å². The van der Waals surface area contributed by atoms with Crippen LogP contribution in [0.1, 0.15) is 17.8 Å². The molecule has 6 nitrogen and oxygen atoms in total. The summed E-state index contributed by atoms with van der Waals surface area (Å²) < 4.78 is 1.60. The Bertz CT molecular complexity index is 1020. The van der Waals surface area contributed by atoms with Gasteiger partial charge in [-0.05, 0) is 46.5 Å². The molecule has 0 saturated heterocycles. The molecule has 1 aliphatic heterocycles. The first kappa shape index (κ1) is 13.8. The monoisotopic (exact) mass is 325 g/mol. The number of hydrogen-bond acceptors (Lipinski definition) is 5. The summed E-state index contributed by atoms with van der Waals surface area (Å²) in [5, 5.41) is 15.2. The van der Waals surface area contributed by atoms with E-state index in [1.807, 2.05) is 22.9 Å². The van der Waals surface area contributed by atoms with Gasteiger partial charge in [-0.25, -0.2) is 4.98 Å². The van der Waals surface area contributed by atoms with E-state index in [2.05, 4.69) is 4.98 Å². The standard InChI is InChI=1S/C16H11N3O3S/c20-16-13-8-12(19(21)22)1-2-14(13)17-15-11(3-5-18(15)16)7-10-4-6-23-9-10/h1-2,4,6-9H,3,5H2. The highest BCUT2D eigenvalue weighted by Crippen LogP contribution is 2.28. The lowest BCUT2D eigenvalue weighted by Gasteiger charge is -2.05. The number of aromatic nitrogens is 2. The van der Waals surface area contributed by atoms with Gasteiger partial charge in [-0.2, -0.15) is 11.3 Å². The minimum atomic E-state index is -0.501. The first-order valence-corrected chi connectivity index (χ1v) is 8.00. The average Bonchev–Trinajstić information content (AvgIpc) is 3.18. The number of thiophene rings is 1. The third-order valence-electron chi connectivity index (χ3n) is 3.92. The molecule has 0 saturated carbocycles. The first-order valence-electron chi connectivity index (χ1n) is 7.05. The molecule has 0 bridgehead atoms. The summed E-state index contributed by atoms with van der Waals surface area (Å²) in [5.74, 6) is 0.655. The van der Waals surface area contributed by atoms with E-state index >= 15 is 0 Å². The molecule has 23 heavy (non-hydrogen) atoms. The Kier molecular flexibility index (Phi) is 3.09. The second-order valence-electron chi connectivity index (χ2n) is 5.33. The summed E-state index contributed by atoms with van der Waals surface area (Å²) in [7, 11) is 0. The molecule has 1 aliphatic rings. The summed E-state index contributed by atoms with van der Waals surface area (Å²) in [6.45, 7) is 0.551. The van der Waals surface area contributed by atoms with E-state index in [1.54, 1.807) is 15.9 Å². The van der Waals surface area contributed by atoms with Gasteiger partial charge in [0.15, 0.2) is 0 Å². The second kappa shape index (κ2) is 5.13. The predicted octanol–water partition coefficient (Wildman–Crippen LogP) is 3.31. The lowest BCUT2D eigenvalue weighted by atomic mass is 10.1. The number of hydrogen-bond donors (Lipinski definition) is 0. The molecule has 0 unspecified atom stereocenters. The van der Waals surface area contributed by atoms with Crippen LogP contribution in [0.2, 0.25) is 0 Å². The third-order valence-corrected chi connectivity index (χ3v) is 4.63. The molecule has 0 radical (unpaired) electrons. The van der Waals surface area contributed by atoms with Crippen molar-refractivity contribution in [3.8, 4) is 0 Å². The van der Waals surface area contributed by atoms with E-state index in [1.165, 1.54) is 18.2 Å². The fraction of sp³-hybridized carbons (Fsp3) is 0.125. The van der Waals surface area contributed by atoms with Crippen LogP contribution in [-0.4, -0.2) is 14.5 Å². The van der Waals surface area contributed by atoms with Crippen LogP contribution in [0.5, 0.6) is 0 Å². The van der Waals surface area contributed by atoms with Gasteiger partial charge in [0.25, 0.3) is 11.2 Å². The Morgan fingerprint density at radius 2 is 2.22 bits per heavy atom. The van der Waals surface area contributed by atoms with Crippen molar-refractivity contribution in [2.24, 2.45) is 0 Å². The maximum absolute atomic E-state index is 12.6. The van der Waals surface area contributed by atoms with Gasteiger partial charge in [-0.3, -0.25) is 19.5 Å². The maximum Gasteiger partial charge on any atom is 0.270 e. The number of rotatable bonds is 2. The van der Waals surface area contributed by atoms with Gasteiger partial charge in [0.05, 0.1) is 15.8 Å². The van der Waals surface area contributed by atoms with Crippen molar-refractivity contribution in [3.05, 3.63) is 66.9 Å². The molecule has 7 heteroatoms. The van der Waals surface area contributed by atoms with Gasteiger partial charge in [-0.1, -0.05) is 0 Å². The normalized spacial score (nSPS) is 15.2. The minimum Gasteiger partial charge on any atom is -0.292 e. The SMILES string of the molecule is O=c1c2cc([N+](=O)[O-])ccc2nc2n1CCC2=Cc1ccsc1. The van der Waals surface area contributed by atoms with Crippen molar-refractivity contribution in [2.75, 3.05) is 0 Å².